The van der Waals surface area contributed by atoms with E-state index < -0.39 is 0 Å². The maximum absolute atomic E-state index is 10.7. The van der Waals surface area contributed by atoms with Crippen LogP contribution in [0.25, 0.3) is 0 Å². The molecule has 0 aliphatic rings. The second-order valence-electron chi connectivity index (χ2n) is 3.13. The minimum atomic E-state index is -0.266. The van der Waals surface area contributed by atoms with Gasteiger partial charge in [-0.25, -0.2) is 10.7 Å². The van der Waals surface area contributed by atoms with Gasteiger partial charge < -0.3 is 0 Å². The van der Waals surface area contributed by atoms with E-state index in [1.54, 1.807) is 0 Å². The SMILES string of the molecule is CCCCCCCCC(=O)NOO. The Morgan fingerprint density at radius 1 is 1.23 bits per heavy atom. The number of hydrogen-bond donors (Lipinski definition) is 2. The van der Waals surface area contributed by atoms with Crippen molar-refractivity contribution in [2.75, 3.05) is 0 Å². The van der Waals surface area contributed by atoms with E-state index in [9.17, 15) is 4.79 Å². The molecule has 4 nitrogen and oxygen atoms in total. The molecule has 0 spiro atoms. The lowest BCUT2D eigenvalue weighted by Gasteiger charge is -2.00. The second kappa shape index (κ2) is 9.48. The molecule has 0 radical (unpaired) electrons. The van der Waals surface area contributed by atoms with Crippen LogP contribution in [0.2, 0.25) is 0 Å². The topological polar surface area (TPSA) is 58.6 Å². The van der Waals surface area contributed by atoms with Gasteiger partial charge in [-0.3, -0.25) is 4.79 Å². The van der Waals surface area contributed by atoms with Gasteiger partial charge in [0.25, 0.3) is 0 Å². The van der Waals surface area contributed by atoms with Crippen LogP contribution in [0.5, 0.6) is 0 Å². The molecule has 13 heavy (non-hydrogen) atoms. The molecule has 0 rings (SSSR count). The van der Waals surface area contributed by atoms with Gasteiger partial charge in [0.15, 0.2) is 0 Å². The Balaban J connectivity index is 3.02. The lowest BCUT2D eigenvalue weighted by molar-refractivity contribution is -0.284. The Hall–Kier alpha value is -0.610. The summed E-state index contributed by atoms with van der Waals surface area (Å²) in [5, 5.41) is 7.88. The van der Waals surface area contributed by atoms with Gasteiger partial charge in [-0.2, -0.15) is 0 Å². The van der Waals surface area contributed by atoms with E-state index >= 15 is 0 Å². The van der Waals surface area contributed by atoms with Crippen LogP contribution in [0.3, 0.4) is 0 Å². The predicted octanol–water partition coefficient (Wildman–Crippen LogP) is 2.26. The molecule has 0 saturated carbocycles. The molecule has 4 heteroatoms. The van der Waals surface area contributed by atoms with Gasteiger partial charge >= 0.3 is 0 Å². The van der Waals surface area contributed by atoms with Crippen LogP contribution in [0.1, 0.15) is 51.9 Å². The zero-order chi connectivity index (χ0) is 9.94. The van der Waals surface area contributed by atoms with Crippen molar-refractivity contribution < 1.29 is 15.0 Å². The van der Waals surface area contributed by atoms with E-state index in [2.05, 4.69) is 11.9 Å². The number of rotatable bonds is 8. The molecule has 0 bridgehead atoms. The molecule has 0 aromatic carbocycles. The highest BCUT2D eigenvalue weighted by atomic mass is 17.2. The first-order valence-corrected chi connectivity index (χ1v) is 4.90. The number of hydrogen-bond acceptors (Lipinski definition) is 3. The average Bonchev–Trinajstić information content (AvgIpc) is 2.11. The van der Waals surface area contributed by atoms with Crippen LogP contribution in [0, 0.1) is 0 Å². The van der Waals surface area contributed by atoms with Gasteiger partial charge in [-0.1, -0.05) is 39.0 Å². The third-order valence-electron chi connectivity index (χ3n) is 1.92. The molecule has 2 N–H and O–H groups in total. The quantitative estimate of drug-likeness (QED) is 0.350. The van der Waals surface area contributed by atoms with E-state index in [4.69, 9.17) is 5.26 Å². The highest BCUT2D eigenvalue weighted by Crippen LogP contribution is 2.06. The molecule has 0 heterocycles. The van der Waals surface area contributed by atoms with Gasteiger partial charge in [0.1, 0.15) is 0 Å². The second-order valence-corrected chi connectivity index (χ2v) is 3.13. The Bertz CT molecular complexity index is 128. The lowest BCUT2D eigenvalue weighted by atomic mass is 10.1. The minimum Gasteiger partial charge on any atom is -0.273 e. The first-order valence-electron chi connectivity index (χ1n) is 4.90. The first kappa shape index (κ1) is 12.4. The number of amides is 1. The van der Waals surface area contributed by atoms with Crippen LogP contribution < -0.4 is 5.48 Å². The zero-order valence-corrected chi connectivity index (χ0v) is 8.21. The number of carbonyl (C=O) groups excluding carboxylic acids is 1. The third-order valence-corrected chi connectivity index (χ3v) is 1.92. The highest BCUT2D eigenvalue weighted by molar-refractivity contribution is 5.74. The van der Waals surface area contributed by atoms with Crippen molar-refractivity contribution in [1.82, 2.24) is 5.48 Å². The molecule has 0 aromatic heterocycles. The zero-order valence-electron chi connectivity index (χ0n) is 8.21. The van der Waals surface area contributed by atoms with E-state index in [0.717, 1.165) is 12.8 Å². The standard InChI is InChI=1S/C9H19NO3/c1-2-3-4-5-6-7-8-9(11)10-13-12/h12H,2-8H2,1H3,(H,10,11). The molecule has 0 aromatic rings. The van der Waals surface area contributed by atoms with Crippen molar-refractivity contribution in [2.45, 2.75) is 51.9 Å². The van der Waals surface area contributed by atoms with Crippen molar-refractivity contribution in [3.05, 3.63) is 0 Å². The molecule has 1 amide bonds. The normalized spacial score (nSPS) is 10.0. The number of nitrogens with one attached hydrogen (secondary N) is 1. The fourth-order valence-electron chi connectivity index (χ4n) is 1.17. The van der Waals surface area contributed by atoms with Gasteiger partial charge in [0.05, 0.1) is 0 Å². The van der Waals surface area contributed by atoms with Gasteiger partial charge in [-0.05, 0) is 6.42 Å². The summed E-state index contributed by atoms with van der Waals surface area (Å²) in [6, 6.07) is 0. The smallest absolute Gasteiger partial charge is 0.245 e. The maximum Gasteiger partial charge on any atom is 0.245 e. The maximum atomic E-state index is 10.7. The Morgan fingerprint density at radius 3 is 2.46 bits per heavy atom. The van der Waals surface area contributed by atoms with Crippen molar-refractivity contribution in [2.24, 2.45) is 0 Å². The molecular weight excluding hydrogens is 170 g/mol. The summed E-state index contributed by atoms with van der Waals surface area (Å²) in [5.41, 5.74) is 1.86. The number of unbranched alkanes of at least 4 members (excludes halogenated alkanes) is 5. The third kappa shape index (κ3) is 9.30. The van der Waals surface area contributed by atoms with Crippen molar-refractivity contribution in [3.63, 3.8) is 0 Å². The van der Waals surface area contributed by atoms with Gasteiger partial charge in [-0.15, -0.1) is 4.99 Å². The Kier molecular flexibility index (Phi) is 9.03. The lowest BCUT2D eigenvalue weighted by Crippen LogP contribution is -2.21. The van der Waals surface area contributed by atoms with Crippen LogP contribution in [0.15, 0.2) is 0 Å². The number of hydroxylamine groups is 1. The van der Waals surface area contributed by atoms with E-state index in [1.165, 1.54) is 25.7 Å². The van der Waals surface area contributed by atoms with E-state index in [1.807, 2.05) is 5.48 Å². The average molecular weight is 189 g/mol. The molecule has 0 unspecified atom stereocenters. The summed E-state index contributed by atoms with van der Waals surface area (Å²) in [7, 11) is 0. The number of carbonyl (C=O) groups is 1. The molecule has 78 valence electrons. The summed E-state index contributed by atoms with van der Waals surface area (Å²) in [5.74, 6) is -0.266. The molecular formula is C9H19NO3. The van der Waals surface area contributed by atoms with Crippen LogP contribution in [-0.2, 0) is 9.78 Å². The highest BCUT2D eigenvalue weighted by Gasteiger charge is 1.99. The molecule has 0 aliphatic heterocycles. The fraction of sp³-hybridized carbons (Fsp3) is 0.889. The van der Waals surface area contributed by atoms with E-state index in [0.29, 0.717) is 6.42 Å². The molecule has 0 saturated heterocycles. The first-order chi connectivity index (χ1) is 6.31. The summed E-state index contributed by atoms with van der Waals surface area (Å²) in [6.07, 6.45) is 7.28. The summed E-state index contributed by atoms with van der Waals surface area (Å²) >= 11 is 0. The summed E-state index contributed by atoms with van der Waals surface area (Å²) in [6.45, 7) is 2.17. The van der Waals surface area contributed by atoms with Crippen molar-refractivity contribution >= 4 is 5.91 Å². The summed E-state index contributed by atoms with van der Waals surface area (Å²) < 4.78 is 0. The predicted molar refractivity (Wildman–Crippen MR) is 49.8 cm³/mol. The van der Waals surface area contributed by atoms with Gasteiger partial charge in [0.2, 0.25) is 5.91 Å². The Morgan fingerprint density at radius 2 is 1.85 bits per heavy atom. The van der Waals surface area contributed by atoms with Crippen molar-refractivity contribution in [1.29, 1.82) is 0 Å². The monoisotopic (exact) mass is 189 g/mol. The van der Waals surface area contributed by atoms with E-state index in [-0.39, 0.29) is 5.91 Å². The Labute approximate surface area is 79.2 Å². The van der Waals surface area contributed by atoms with Crippen LogP contribution in [0.4, 0.5) is 0 Å². The van der Waals surface area contributed by atoms with Crippen LogP contribution >= 0.6 is 0 Å². The van der Waals surface area contributed by atoms with Crippen molar-refractivity contribution in [3.8, 4) is 0 Å². The molecule has 0 fully saturated rings. The van der Waals surface area contributed by atoms with Gasteiger partial charge in [0, 0.05) is 6.42 Å². The largest absolute Gasteiger partial charge is 0.273 e. The minimum absolute atomic E-state index is 0.266. The van der Waals surface area contributed by atoms with Crippen LogP contribution in [-0.4, -0.2) is 11.2 Å². The summed E-state index contributed by atoms with van der Waals surface area (Å²) in [4.78, 5) is 14.2. The fourth-order valence-corrected chi connectivity index (χ4v) is 1.17. The molecule has 0 atom stereocenters. The molecule has 0 aliphatic carbocycles.